The van der Waals surface area contributed by atoms with Gasteiger partial charge in [-0.3, -0.25) is 14.9 Å². The van der Waals surface area contributed by atoms with E-state index in [0.717, 1.165) is 0 Å². The number of carbonyl (C=O) groups is 2. The minimum Gasteiger partial charge on any atom is -0.493 e. The van der Waals surface area contributed by atoms with Gasteiger partial charge in [-0.25, -0.2) is 9.79 Å². The normalized spacial score (nSPS) is 14.4. The van der Waals surface area contributed by atoms with E-state index in [9.17, 15) is 19.7 Å². The average molecular weight is 382 g/mol. The van der Waals surface area contributed by atoms with E-state index in [1.54, 1.807) is 18.2 Å². The third-order valence-corrected chi connectivity index (χ3v) is 3.67. The monoisotopic (exact) mass is 382 g/mol. The van der Waals surface area contributed by atoms with Crippen LogP contribution in [0.2, 0.25) is 0 Å². The zero-order chi connectivity index (χ0) is 20.3. The number of methoxy groups -OCH3 is 1. The van der Waals surface area contributed by atoms with Gasteiger partial charge in [0.15, 0.2) is 17.2 Å². The minimum absolute atomic E-state index is 0.0174. The SMILES string of the molecule is COc1cc(/C=C2\N=C(c3cccc([N+](=O)[O-])c3)OC2=O)ccc1OC(C)=O. The second kappa shape index (κ2) is 7.70. The highest BCUT2D eigenvalue weighted by Gasteiger charge is 2.25. The van der Waals surface area contributed by atoms with Gasteiger partial charge in [-0.1, -0.05) is 12.1 Å². The number of nitrogens with zero attached hydrogens (tertiary/aromatic N) is 2. The van der Waals surface area contributed by atoms with E-state index >= 15 is 0 Å². The van der Waals surface area contributed by atoms with Gasteiger partial charge in [0.1, 0.15) is 0 Å². The summed E-state index contributed by atoms with van der Waals surface area (Å²) in [5.74, 6) is -0.659. The molecule has 9 heteroatoms. The Bertz CT molecular complexity index is 1040. The van der Waals surface area contributed by atoms with E-state index in [2.05, 4.69) is 4.99 Å². The summed E-state index contributed by atoms with van der Waals surface area (Å²) in [7, 11) is 1.42. The molecule has 1 heterocycles. The fourth-order valence-electron chi connectivity index (χ4n) is 2.46. The lowest BCUT2D eigenvalue weighted by molar-refractivity contribution is -0.384. The first kappa shape index (κ1) is 18.8. The Labute approximate surface area is 159 Å². The van der Waals surface area contributed by atoms with Gasteiger partial charge < -0.3 is 14.2 Å². The van der Waals surface area contributed by atoms with Crippen molar-refractivity contribution in [3.05, 3.63) is 69.4 Å². The van der Waals surface area contributed by atoms with E-state index in [1.807, 2.05) is 0 Å². The molecule has 0 fully saturated rings. The highest BCUT2D eigenvalue weighted by atomic mass is 16.6. The van der Waals surface area contributed by atoms with Crippen LogP contribution in [-0.4, -0.2) is 29.9 Å². The maximum atomic E-state index is 12.1. The van der Waals surface area contributed by atoms with Gasteiger partial charge in [-0.2, -0.15) is 0 Å². The van der Waals surface area contributed by atoms with Gasteiger partial charge in [0.25, 0.3) is 5.69 Å². The lowest BCUT2D eigenvalue weighted by Gasteiger charge is -2.08. The Morgan fingerprint density at radius 2 is 2.00 bits per heavy atom. The number of non-ortho nitro benzene ring substituents is 1. The standard InChI is InChI=1S/C19H14N2O7/c1-11(22)27-16-7-6-12(9-17(16)26-2)8-15-19(23)28-18(20-15)13-4-3-5-14(10-13)21(24)25/h3-10H,1-2H3/b15-8-. The average Bonchev–Trinajstić information content (AvgIpc) is 3.03. The molecule has 1 aliphatic rings. The lowest BCUT2D eigenvalue weighted by atomic mass is 10.1. The molecule has 0 radical (unpaired) electrons. The first-order valence-corrected chi connectivity index (χ1v) is 8.01. The van der Waals surface area contributed by atoms with Crippen LogP contribution in [0.4, 0.5) is 5.69 Å². The second-order valence-electron chi connectivity index (χ2n) is 5.65. The van der Waals surface area contributed by atoms with Crippen molar-refractivity contribution >= 4 is 29.6 Å². The molecule has 0 bridgehead atoms. The largest absolute Gasteiger partial charge is 0.493 e. The number of hydrogen-bond donors (Lipinski definition) is 0. The van der Waals surface area contributed by atoms with Crippen LogP contribution in [0.15, 0.2) is 53.2 Å². The zero-order valence-electron chi connectivity index (χ0n) is 14.9. The van der Waals surface area contributed by atoms with Crippen molar-refractivity contribution in [3.63, 3.8) is 0 Å². The van der Waals surface area contributed by atoms with Gasteiger partial charge >= 0.3 is 11.9 Å². The zero-order valence-corrected chi connectivity index (χ0v) is 14.9. The Morgan fingerprint density at radius 3 is 2.68 bits per heavy atom. The summed E-state index contributed by atoms with van der Waals surface area (Å²) in [5.41, 5.74) is 0.751. The summed E-state index contributed by atoms with van der Waals surface area (Å²) < 4.78 is 15.3. The number of nitro groups is 1. The number of nitro benzene ring substituents is 1. The summed E-state index contributed by atoms with van der Waals surface area (Å²) in [4.78, 5) is 37.7. The topological polar surface area (TPSA) is 117 Å². The summed E-state index contributed by atoms with van der Waals surface area (Å²) in [6, 6.07) is 10.3. The Morgan fingerprint density at radius 1 is 1.21 bits per heavy atom. The molecule has 142 valence electrons. The first-order chi connectivity index (χ1) is 13.4. The number of hydrogen-bond acceptors (Lipinski definition) is 8. The quantitative estimate of drug-likeness (QED) is 0.256. The van der Waals surface area contributed by atoms with Crippen LogP contribution >= 0.6 is 0 Å². The van der Waals surface area contributed by atoms with Crippen molar-refractivity contribution in [2.24, 2.45) is 4.99 Å². The fourth-order valence-corrected chi connectivity index (χ4v) is 2.46. The molecule has 28 heavy (non-hydrogen) atoms. The molecule has 0 atom stereocenters. The van der Waals surface area contributed by atoms with Crippen molar-refractivity contribution in [2.75, 3.05) is 7.11 Å². The molecule has 9 nitrogen and oxygen atoms in total. The highest BCUT2D eigenvalue weighted by Crippen LogP contribution is 2.30. The summed E-state index contributed by atoms with van der Waals surface area (Å²) in [6.07, 6.45) is 1.47. The molecule has 0 amide bonds. The van der Waals surface area contributed by atoms with Crippen LogP contribution < -0.4 is 9.47 Å². The molecule has 0 saturated heterocycles. The van der Waals surface area contributed by atoms with Crippen LogP contribution in [0.25, 0.3) is 6.08 Å². The second-order valence-corrected chi connectivity index (χ2v) is 5.65. The molecule has 0 aromatic heterocycles. The molecule has 3 rings (SSSR count). The predicted molar refractivity (Wildman–Crippen MR) is 98.0 cm³/mol. The van der Waals surface area contributed by atoms with E-state index < -0.39 is 16.9 Å². The van der Waals surface area contributed by atoms with Crippen LogP contribution in [-0.2, 0) is 14.3 Å². The van der Waals surface area contributed by atoms with Crippen molar-refractivity contribution in [1.29, 1.82) is 0 Å². The lowest BCUT2D eigenvalue weighted by Crippen LogP contribution is -2.05. The molecule has 0 spiro atoms. The molecule has 0 aliphatic carbocycles. The van der Waals surface area contributed by atoms with Crippen molar-refractivity contribution < 1.29 is 28.7 Å². The molecule has 0 N–H and O–H groups in total. The number of esters is 2. The van der Waals surface area contributed by atoms with Gasteiger partial charge in [0, 0.05) is 24.6 Å². The Balaban J connectivity index is 1.92. The number of ether oxygens (including phenoxy) is 3. The van der Waals surface area contributed by atoms with Gasteiger partial charge in [-0.15, -0.1) is 0 Å². The summed E-state index contributed by atoms with van der Waals surface area (Å²) >= 11 is 0. The molecule has 1 aliphatic heterocycles. The van der Waals surface area contributed by atoms with E-state index in [4.69, 9.17) is 14.2 Å². The van der Waals surface area contributed by atoms with Crippen molar-refractivity contribution in [2.45, 2.75) is 6.92 Å². The van der Waals surface area contributed by atoms with Gasteiger partial charge in [0.2, 0.25) is 5.90 Å². The van der Waals surface area contributed by atoms with Crippen molar-refractivity contribution in [1.82, 2.24) is 0 Å². The number of cyclic esters (lactones) is 1. The van der Waals surface area contributed by atoms with Crippen LogP contribution in [0.1, 0.15) is 18.1 Å². The number of carbonyl (C=O) groups excluding carboxylic acids is 2. The Kier molecular flexibility index (Phi) is 5.16. The maximum Gasteiger partial charge on any atom is 0.363 e. The number of aliphatic imine (C=N–C) groups is 1. The number of rotatable bonds is 5. The predicted octanol–water partition coefficient (Wildman–Crippen LogP) is 2.87. The molecule has 0 unspecified atom stereocenters. The molecule has 2 aromatic carbocycles. The van der Waals surface area contributed by atoms with Crippen LogP contribution in [0.5, 0.6) is 11.5 Å². The molecular formula is C19H14N2O7. The van der Waals surface area contributed by atoms with Crippen LogP contribution in [0, 0.1) is 10.1 Å². The highest BCUT2D eigenvalue weighted by molar-refractivity contribution is 6.13. The summed E-state index contributed by atoms with van der Waals surface area (Å²) in [5, 5.41) is 10.9. The first-order valence-electron chi connectivity index (χ1n) is 8.01. The van der Waals surface area contributed by atoms with Crippen LogP contribution in [0.3, 0.4) is 0 Å². The minimum atomic E-state index is -0.690. The van der Waals surface area contributed by atoms with Crippen molar-refractivity contribution in [3.8, 4) is 11.5 Å². The van der Waals surface area contributed by atoms with Gasteiger partial charge in [-0.05, 0) is 29.8 Å². The van der Waals surface area contributed by atoms with E-state index in [0.29, 0.717) is 16.9 Å². The Hall–Kier alpha value is -4.01. The third kappa shape index (κ3) is 4.04. The fraction of sp³-hybridized carbons (Fsp3) is 0.105. The molecule has 2 aromatic rings. The van der Waals surface area contributed by atoms with E-state index in [-0.39, 0.29) is 23.0 Å². The number of benzene rings is 2. The summed E-state index contributed by atoms with van der Waals surface area (Å²) in [6.45, 7) is 1.27. The maximum absolute atomic E-state index is 12.1. The van der Waals surface area contributed by atoms with Gasteiger partial charge in [0.05, 0.1) is 12.0 Å². The molecular weight excluding hydrogens is 368 g/mol. The smallest absolute Gasteiger partial charge is 0.363 e. The third-order valence-electron chi connectivity index (χ3n) is 3.67. The van der Waals surface area contributed by atoms with E-state index in [1.165, 1.54) is 44.4 Å². The molecule has 0 saturated carbocycles.